The molecule has 0 bridgehead atoms. The molecule has 1 aromatic carbocycles. The van der Waals surface area contributed by atoms with E-state index in [1.807, 2.05) is 28.8 Å². The predicted octanol–water partition coefficient (Wildman–Crippen LogP) is 4.59. The number of methoxy groups -OCH3 is 1. The number of H-pyrrole nitrogens is 1. The first-order valence-corrected chi connectivity index (χ1v) is 11.0. The Morgan fingerprint density at radius 3 is 2.81 bits per heavy atom. The molecule has 1 saturated carbocycles. The van der Waals surface area contributed by atoms with Crippen LogP contribution in [0.4, 0.5) is 5.82 Å². The first-order valence-electron chi connectivity index (χ1n) is 10.2. The quantitative estimate of drug-likeness (QED) is 0.390. The summed E-state index contributed by atoms with van der Waals surface area (Å²) >= 11 is 3.61. The van der Waals surface area contributed by atoms with Gasteiger partial charge in [0.25, 0.3) is 0 Å². The van der Waals surface area contributed by atoms with Crippen LogP contribution in [0.1, 0.15) is 37.4 Å². The molecule has 0 aliphatic heterocycles. The number of ether oxygens (including phenoxy) is 1. The summed E-state index contributed by atoms with van der Waals surface area (Å²) in [5.74, 6) is 1.23. The van der Waals surface area contributed by atoms with E-state index < -0.39 is 5.97 Å². The number of halogens is 1. The van der Waals surface area contributed by atoms with E-state index in [2.05, 4.69) is 25.9 Å². The van der Waals surface area contributed by atoms with E-state index in [4.69, 9.17) is 15.5 Å². The first-order chi connectivity index (χ1) is 15.0. The van der Waals surface area contributed by atoms with Crippen LogP contribution >= 0.6 is 15.9 Å². The highest BCUT2D eigenvalue weighted by atomic mass is 79.9. The number of carboxylic acids is 1. The lowest BCUT2D eigenvalue weighted by Gasteiger charge is -2.25. The normalized spacial score (nSPS) is 19.2. The van der Waals surface area contributed by atoms with Gasteiger partial charge in [-0.05, 0) is 43.9 Å². The molecule has 5 rings (SSSR count). The summed E-state index contributed by atoms with van der Waals surface area (Å²) in [7, 11) is 1.64. The Kier molecular flexibility index (Phi) is 4.85. The third-order valence-electron chi connectivity index (χ3n) is 6.23. The number of aliphatic carboxylic acids is 1. The number of aromatic amines is 1. The van der Waals surface area contributed by atoms with Crippen LogP contribution in [-0.4, -0.2) is 37.5 Å². The number of fused-ring (bicyclic) bond motifs is 2. The molecule has 8 nitrogen and oxygen atoms in total. The lowest BCUT2D eigenvalue weighted by atomic mass is 9.81. The van der Waals surface area contributed by atoms with E-state index >= 15 is 0 Å². The number of nitrogens with two attached hydrogens (primary N) is 1. The van der Waals surface area contributed by atoms with Crippen molar-refractivity contribution in [1.82, 2.24) is 19.4 Å². The molecule has 0 spiro atoms. The van der Waals surface area contributed by atoms with Crippen LogP contribution in [0.15, 0.2) is 35.1 Å². The second-order valence-corrected chi connectivity index (χ2v) is 8.81. The average Bonchev–Trinajstić information content (AvgIpc) is 3.38. The number of rotatable bonds is 4. The molecule has 0 atom stereocenters. The molecule has 0 radical (unpaired) electrons. The fraction of sp³-hybridized carbons (Fsp3) is 0.318. The Balaban J connectivity index is 1.65. The van der Waals surface area contributed by atoms with Crippen molar-refractivity contribution >= 4 is 44.1 Å². The van der Waals surface area contributed by atoms with Gasteiger partial charge in [0, 0.05) is 28.2 Å². The molecule has 160 valence electrons. The summed E-state index contributed by atoms with van der Waals surface area (Å²) in [6, 6.07) is 5.88. The number of imidazole rings is 1. The SMILES string of the molecule is COc1ccc(Br)c2cc(-c3nc(C4CCC(C(=O)O)CC4)n4ccnc(N)c34)[nH]c12. The molecule has 4 N–H and O–H groups in total. The summed E-state index contributed by atoms with van der Waals surface area (Å²) in [4.78, 5) is 24.1. The highest BCUT2D eigenvalue weighted by Gasteiger charge is 2.30. The summed E-state index contributed by atoms with van der Waals surface area (Å²) in [6.45, 7) is 0. The second-order valence-electron chi connectivity index (χ2n) is 7.96. The van der Waals surface area contributed by atoms with E-state index in [9.17, 15) is 9.90 Å². The number of nitrogens with one attached hydrogen (secondary N) is 1. The van der Waals surface area contributed by atoms with Gasteiger partial charge in [0.1, 0.15) is 28.6 Å². The number of hydrogen-bond donors (Lipinski definition) is 3. The molecule has 1 aliphatic carbocycles. The van der Waals surface area contributed by atoms with Crippen LogP contribution in [0.2, 0.25) is 0 Å². The van der Waals surface area contributed by atoms with Gasteiger partial charge >= 0.3 is 5.97 Å². The monoisotopic (exact) mass is 483 g/mol. The minimum atomic E-state index is -0.710. The molecule has 1 aliphatic rings. The molecule has 3 aromatic heterocycles. The number of hydrogen-bond acceptors (Lipinski definition) is 5. The topological polar surface area (TPSA) is 119 Å². The van der Waals surface area contributed by atoms with E-state index in [0.29, 0.717) is 18.7 Å². The predicted molar refractivity (Wildman–Crippen MR) is 121 cm³/mol. The first kappa shape index (κ1) is 19.9. The van der Waals surface area contributed by atoms with Gasteiger partial charge in [-0.15, -0.1) is 0 Å². The Labute approximate surface area is 186 Å². The van der Waals surface area contributed by atoms with Gasteiger partial charge in [-0.25, -0.2) is 9.97 Å². The molecule has 31 heavy (non-hydrogen) atoms. The maximum Gasteiger partial charge on any atom is 0.306 e. The fourth-order valence-electron chi connectivity index (χ4n) is 4.62. The van der Waals surface area contributed by atoms with Crippen LogP contribution in [-0.2, 0) is 4.79 Å². The van der Waals surface area contributed by atoms with E-state index in [1.165, 1.54) is 0 Å². The van der Waals surface area contributed by atoms with E-state index in [1.54, 1.807) is 13.3 Å². The molecule has 1 fully saturated rings. The molecule has 4 aromatic rings. The van der Waals surface area contributed by atoms with Crippen LogP contribution in [0.25, 0.3) is 27.8 Å². The number of carboxylic acid groups (broad SMARTS) is 1. The fourth-order valence-corrected chi connectivity index (χ4v) is 5.06. The lowest BCUT2D eigenvalue weighted by molar-refractivity contribution is -0.142. The van der Waals surface area contributed by atoms with Crippen molar-refractivity contribution in [2.24, 2.45) is 5.92 Å². The Morgan fingerprint density at radius 2 is 2.10 bits per heavy atom. The van der Waals surface area contributed by atoms with Crippen LogP contribution in [0, 0.1) is 5.92 Å². The number of nitrogen functional groups attached to an aromatic ring is 1. The lowest BCUT2D eigenvalue weighted by Crippen LogP contribution is -2.21. The maximum absolute atomic E-state index is 11.3. The van der Waals surface area contributed by atoms with Crippen molar-refractivity contribution in [2.75, 3.05) is 12.8 Å². The smallest absolute Gasteiger partial charge is 0.306 e. The van der Waals surface area contributed by atoms with Gasteiger partial charge < -0.3 is 20.6 Å². The van der Waals surface area contributed by atoms with Crippen LogP contribution in [0.5, 0.6) is 5.75 Å². The Hall–Kier alpha value is -3.07. The zero-order chi connectivity index (χ0) is 21.7. The van der Waals surface area contributed by atoms with Crippen molar-refractivity contribution in [3.63, 3.8) is 0 Å². The van der Waals surface area contributed by atoms with Gasteiger partial charge in [0.15, 0.2) is 0 Å². The van der Waals surface area contributed by atoms with Gasteiger partial charge in [0.05, 0.1) is 24.2 Å². The minimum Gasteiger partial charge on any atom is -0.495 e. The van der Waals surface area contributed by atoms with Gasteiger partial charge in [-0.3, -0.25) is 9.20 Å². The molecule has 0 unspecified atom stereocenters. The molecule has 0 amide bonds. The molecule has 9 heteroatoms. The molecular weight excluding hydrogens is 462 g/mol. The highest BCUT2D eigenvalue weighted by molar-refractivity contribution is 9.10. The number of carbonyl (C=O) groups is 1. The Morgan fingerprint density at radius 1 is 1.32 bits per heavy atom. The van der Waals surface area contributed by atoms with Crippen molar-refractivity contribution < 1.29 is 14.6 Å². The Bertz CT molecular complexity index is 1300. The third-order valence-corrected chi connectivity index (χ3v) is 6.92. The zero-order valence-corrected chi connectivity index (χ0v) is 18.5. The summed E-state index contributed by atoms with van der Waals surface area (Å²) in [5.41, 5.74) is 9.46. The average molecular weight is 484 g/mol. The number of anilines is 1. The zero-order valence-electron chi connectivity index (χ0n) is 16.9. The third kappa shape index (κ3) is 3.23. The largest absolute Gasteiger partial charge is 0.495 e. The minimum absolute atomic E-state index is 0.171. The van der Waals surface area contributed by atoms with Crippen molar-refractivity contribution in [1.29, 1.82) is 0 Å². The number of benzene rings is 1. The van der Waals surface area contributed by atoms with Crippen molar-refractivity contribution in [2.45, 2.75) is 31.6 Å². The highest BCUT2D eigenvalue weighted by Crippen LogP contribution is 2.40. The van der Waals surface area contributed by atoms with E-state index in [0.717, 1.165) is 56.7 Å². The summed E-state index contributed by atoms with van der Waals surface area (Å²) in [5, 5.41) is 10.3. The molecular formula is C22H22BrN5O3. The maximum atomic E-state index is 11.3. The molecule has 0 saturated heterocycles. The summed E-state index contributed by atoms with van der Waals surface area (Å²) < 4.78 is 8.46. The van der Waals surface area contributed by atoms with Gasteiger partial charge in [0.2, 0.25) is 0 Å². The van der Waals surface area contributed by atoms with Gasteiger partial charge in [-0.2, -0.15) is 0 Å². The van der Waals surface area contributed by atoms with E-state index in [-0.39, 0.29) is 11.8 Å². The standard InChI is InChI=1S/C22H22BrN5O3/c1-31-16-7-6-14(23)13-10-15(26-17(13)16)18-19-20(24)25-8-9-28(19)21(27-18)11-2-4-12(5-3-11)22(29)30/h6-12,26H,2-5H2,1H3,(H2,24,25)(H,29,30). The number of aromatic nitrogens is 4. The number of nitrogens with zero attached hydrogens (tertiary/aromatic N) is 3. The molecule has 3 heterocycles. The van der Waals surface area contributed by atoms with Crippen molar-refractivity contribution in [3.05, 3.63) is 40.9 Å². The van der Waals surface area contributed by atoms with Crippen LogP contribution in [0.3, 0.4) is 0 Å². The second kappa shape index (κ2) is 7.56. The van der Waals surface area contributed by atoms with Crippen LogP contribution < -0.4 is 10.5 Å². The van der Waals surface area contributed by atoms with Gasteiger partial charge in [-0.1, -0.05) is 15.9 Å². The van der Waals surface area contributed by atoms with Crippen molar-refractivity contribution in [3.8, 4) is 17.1 Å². The summed E-state index contributed by atoms with van der Waals surface area (Å²) in [6.07, 6.45) is 6.42.